The number of rotatable bonds is 5. The van der Waals surface area contributed by atoms with Crippen molar-refractivity contribution >= 4 is 0 Å². The van der Waals surface area contributed by atoms with Crippen LogP contribution in [0.25, 0.3) is 11.3 Å². The van der Waals surface area contributed by atoms with Crippen LogP contribution in [-0.2, 0) is 11.3 Å². The normalized spacial score (nSPS) is 27.1. The minimum absolute atomic E-state index is 0.450. The SMILES string of the molecule is OC[C@H]1O[C@H](c2ccc(-c3c[n+](Cc4ccccc4)[nH]n3)cc2)[C@@H](O)[C@@H](O)[C@@H]1O. The molecule has 0 spiro atoms. The van der Waals surface area contributed by atoms with E-state index in [9.17, 15) is 20.4 Å². The third kappa shape index (κ3) is 4.07. The van der Waals surface area contributed by atoms with E-state index in [0.717, 1.165) is 16.8 Å². The Morgan fingerprint density at radius 2 is 1.66 bits per heavy atom. The fourth-order valence-corrected chi connectivity index (χ4v) is 3.54. The molecule has 3 aromatic rings. The molecule has 2 aromatic carbocycles. The lowest BCUT2D eigenvalue weighted by Crippen LogP contribution is -2.55. The predicted molar refractivity (Wildman–Crippen MR) is 102 cm³/mol. The van der Waals surface area contributed by atoms with Gasteiger partial charge in [-0.05, 0) is 23.3 Å². The highest BCUT2D eigenvalue weighted by molar-refractivity contribution is 5.57. The molecule has 1 saturated heterocycles. The molecule has 0 radical (unpaired) electrons. The highest BCUT2D eigenvalue weighted by Crippen LogP contribution is 2.33. The van der Waals surface area contributed by atoms with Crippen LogP contribution in [0.4, 0.5) is 0 Å². The Morgan fingerprint density at radius 3 is 2.34 bits per heavy atom. The molecule has 0 amide bonds. The zero-order valence-electron chi connectivity index (χ0n) is 15.7. The van der Waals surface area contributed by atoms with Gasteiger partial charge in [0.2, 0.25) is 5.69 Å². The summed E-state index contributed by atoms with van der Waals surface area (Å²) in [5.41, 5.74) is 3.44. The molecule has 1 fully saturated rings. The second-order valence-corrected chi connectivity index (χ2v) is 7.21. The number of nitrogens with zero attached hydrogens (tertiary/aromatic N) is 2. The quantitative estimate of drug-likeness (QED) is 0.384. The Bertz CT molecular complexity index is 929. The molecule has 1 aliphatic heterocycles. The van der Waals surface area contributed by atoms with Gasteiger partial charge in [-0.1, -0.05) is 47.7 Å². The van der Waals surface area contributed by atoms with Crippen LogP contribution in [0.3, 0.4) is 0 Å². The van der Waals surface area contributed by atoms with Gasteiger partial charge in [0, 0.05) is 10.7 Å². The van der Waals surface area contributed by atoms with Crippen molar-refractivity contribution in [3.05, 3.63) is 71.9 Å². The van der Waals surface area contributed by atoms with Crippen molar-refractivity contribution in [2.45, 2.75) is 37.1 Å². The van der Waals surface area contributed by atoms with Gasteiger partial charge < -0.3 is 25.2 Å². The maximum absolute atomic E-state index is 10.3. The monoisotopic (exact) mass is 398 g/mol. The van der Waals surface area contributed by atoms with E-state index in [0.29, 0.717) is 12.1 Å². The minimum Gasteiger partial charge on any atom is -0.394 e. The number of aliphatic hydroxyl groups is 4. The van der Waals surface area contributed by atoms with Crippen molar-refractivity contribution in [2.24, 2.45) is 0 Å². The summed E-state index contributed by atoms with van der Waals surface area (Å²) in [4.78, 5) is 0. The molecule has 152 valence electrons. The van der Waals surface area contributed by atoms with Crippen LogP contribution < -0.4 is 4.68 Å². The fraction of sp³-hybridized carbons (Fsp3) is 0.333. The number of aromatic amines is 1. The van der Waals surface area contributed by atoms with Crippen LogP contribution in [0, 0.1) is 0 Å². The first kappa shape index (κ1) is 19.7. The molecule has 2 heterocycles. The number of aromatic nitrogens is 3. The van der Waals surface area contributed by atoms with E-state index in [4.69, 9.17) is 4.74 Å². The average Bonchev–Trinajstić information content (AvgIpc) is 3.22. The van der Waals surface area contributed by atoms with Gasteiger partial charge in [-0.15, -0.1) is 0 Å². The number of H-pyrrole nitrogens is 1. The first-order chi connectivity index (χ1) is 14.1. The Kier molecular flexibility index (Phi) is 5.70. The second kappa shape index (κ2) is 8.40. The lowest BCUT2D eigenvalue weighted by molar-refractivity contribution is -0.745. The van der Waals surface area contributed by atoms with Crippen molar-refractivity contribution in [1.82, 2.24) is 10.3 Å². The first-order valence-electron chi connectivity index (χ1n) is 9.46. The van der Waals surface area contributed by atoms with Gasteiger partial charge in [-0.2, -0.15) is 4.68 Å². The third-order valence-corrected chi connectivity index (χ3v) is 5.20. The Hall–Kier alpha value is -2.62. The Labute approximate surface area is 167 Å². The maximum Gasteiger partial charge on any atom is 0.248 e. The van der Waals surface area contributed by atoms with Gasteiger partial charge in [-0.25, -0.2) is 0 Å². The molecule has 8 nitrogen and oxygen atoms in total. The zero-order valence-corrected chi connectivity index (χ0v) is 15.7. The lowest BCUT2D eigenvalue weighted by Gasteiger charge is -2.40. The highest BCUT2D eigenvalue weighted by Gasteiger charge is 2.43. The van der Waals surface area contributed by atoms with Crippen molar-refractivity contribution in [3.63, 3.8) is 0 Å². The van der Waals surface area contributed by atoms with E-state index >= 15 is 0 Å². The fourth-order valence-electron chi connectivity index (χ4n) is 3.54. The standard InChI is InChI=1S/C21H23N3O5/c25-12-17-18(26)19(27)20(28)21(29-17)15-8-6-14(7-9-15)16-11-24(23-22-16)10-13-4-2-1-3-5-13/h1-9,11,17-21,25-28H,10,12H2/p+1/t17-,18-,19+,20+,21-/m1/s1. The largest absolute Gasteiger partial charge is 0.394 e. The third-order valence-electron chi connectivity index (χ3n) is 5.20. The number of hydrogen-bond acceptors (Lipinski definition) is 6. The summed E-state index contributed by atoms with van der Waals surface area (Å²) in [6, 6.07) is 17.3. The van der Waals surface area contributed by atoms with E-state index in [2.05, 4.69) is 10.3 Å². The van der Waals surface area contributed by atoms with Crippen LogP contribution in [0.1, 0.15) is 17.2 Å². The number of benzene rings is 2. The molecule has 8 heteroatoms. The van der Waals surface area contributed by atoms with E-state index in [-0.39, 0.29) is 0 Å². The minimum atomic E-state index is -1.39. The molecule has 4 rings (SSSR count). The van der Waals surface area contributed by atoms with Gasteiger partial charge in [0.05, 0.1) is 6.61 Å². The van der Waals surface area contributed by atoms with Crippen molar-refractivity contribution in [2.75, 3.05) is 6.61 Å². The maximum atomic E-state index is 10.3. The molecule has 1 aliphatic rings. The van der Waals surface area contributed by atoms with Gasteiger partial charge in [0.25, 0.3) is 0 Å². The van der Waals surface area contributed by atoms with Gasteiger partial charge in [0.1, 0.15) is 37.1 Å². The first-order valence-corrected chi connectivity index (χ1v) is 9.46. The van der Waals surface area contributed by atoms with E-state index in [1.54, 1.807) is 12.1 Å². The molecular formula is C21H24N3O5+. The Morgan fingerprint density at radius 1 is 0.931 bits per heavy atom. The molecule has 0 saturated carbocycles. The van der Waals surface area contributed by atoms with Gasteiger partial charge >= 0.3 is 0 Å². The van der Waals surface area contributed by atoms with Crippen molar-refractivity contribution < 1.29 is 29.8 Å². The molecule has 5 atom stereocenters. The smallest absolute Gasteiger partial charge is 0.248 e. The van der Waals surface area contributed by atoms with Crippen LogP contribution in [0.2, 0.25) is 0 Å². The van der Waals surface area contributed by atoms with E-state index in [1.165, 1.54) is 0 Å². The molecular weight excluding hydrogens is 374 g/mol. The summed E-state index contributed by atoms with van der Waals surface area (Å²) in [6.07, 6.45) is -3.92. The molecule has 1 aromatic heterocycles. The number of ether oxygens (including phenoxy) is 1. The highest BCUT2D eigenvalue weighted by atomic mass is 16.5. The van der Waals surface area contributed by atoms with Crippen LogP contribution in [-0.4, -0.2) is 61.8 Å². The average molecular weight is 398 g/mol. The van der Waals surface area contributed by atoms with Crippen LogP contribution >= 0.6 is 0 Å². The Balaban J connectivity index is 1.49. The molecule has 0 unspecified atom stereocenters. The predicted octanol–water partition coefficient (Wildman–Crippen LogP) is -0.0726. The zero-order chi connectivity index (χ0) is 20.4. The van der Waals surface area contributed by atoms with Crippen LogP contribution in [0.5, 0.6) is 0 Å². The molecule has 29 heavy (non-hydrogen) atoms. The number of nitrogens with one attached hydrogen (secondary N) is 1. The summed E-state index contributed by atoms with van der Waals surface area (Å²) in [5, 5.41) is 46.8. The molecule has 0 bridgehead atoms. The molecule has 5 N–H and O–H groups in total. The summed E-state index contributed by atoms with van der Waals surface area (Å²) in [7, 11) is 0. The van der Waals surface area contributed by atoms with Crippen molar-refractivity contribution in [1.29, 1.82) is 0 Å². The molecule has 0 aliphatic carbocycles. The van der Waals surface area contributed by atoms with Gasteiger partial charge in [-0.3, -0.25) is 0 Å². The summed E-state index contributed by atoms with van der Waals surface area (Å²) < 4.78 is 7.48. The van der Waals surface area contributed by atoms with E-state index in [1.807, 2.05) is 53.3 Å². The summed E-state index contributed by atoms with van der Waals surface area (Å²) in [6.45, 7) is 0.227. The van der Waals surface area contributed by atoms with Crippen molar-refractivity contribution in [3.8, 4) is 11.3 Å². The van der Waals surface area contributed by atoms with Crippen LogP contribution in [0.15, 0.2) is 60.8 Å². The number of aliphatic hydroxyl groups excluding tert-OH is 4. The number of hydrogen-bond donors (Lipinski definition) is 5. The van der Waals surface area contributed by atoms with Gasteiger partial charge in [0.15, 0.2) is 6.20 Å². The summed E-state index contributed by atoms with van der Waals surface area (Å²) in [5.74, 6) is 0. The second-order valence-electron chi connectivity index (χ2n) is 7.21. The topological polar surface area (TPSA) is 123 Å². The summed E-state index contributed by atoms with van der Waals surface area (Å²) >= 11 is 0. The lowest BCUT2D eigenvalue weighted by atomic mass is 9.91. The van der Waals surface area contributed by atoms with E-state index < -0.39 is 37.1 Å².